The number of thioether (sulfide) groups is 1. The van der Waals surface area contributed by atoms with Gasteiger partial charge >= 0.3 is 0 Å². The van der Waals surface area contributed by atoms with Gasteiger partial charge in [-0.25, -0.2) is 9.97 Å². The Morgan fingerprint density at radius 1 is 1.32 bits per heavy atom. The van der Waals surface area contributed by atoms with Crippen LogP contribution in [0.2, 0.25) is 5.02 Å². The van der Waals surface area contributed by atoms with Crippen molar-refractivity contribution in [3.63, 3.8) is 0 Å². The highest BCUT2D eigenvalue weighted by molar-refractivity contribution is 8.00. The van der Waals surface area contributed by atoms with Crippen molar-refractivity contribution in [2.45, 2.75) is 17.3 Å². The van der Waals surface area contributed by atoms with Gasteiger partial charge in [-0.2, -0.15) is 0 Å². The first-order valence-corrected chi connectivity index (χ1v) is 7.91. The average molecular weight is 333 g/mol. The summed E-state index contributed by atoms with van der Waals surface area (Å²) in [7, 11) is 0. The molecule has 2 aromatic heterocycles. The number of carbonyl (C=O) groups excluding carboxylic acids is 1. The molecule has 7 heteroatoms. The Labute approximate surface area is 136 Å². The summed E-state index contributed by atoms with van der Waals surface area (Å²) in [5, 5.41) is 3.69. The number of para-hydroxylation sites is 2. The number of rotatable bonds is 4. The molecule has 3 rings (SSSR count). The van der Waals surface area contributed by atoms with Crippen molar-refractivity contribution in [1.29, 1.82) is 0 Å². The number of hydrogen-bond acceptors (Lipinski definition) is 4. The van der Waals surface area contributed by atoms with Crippen LogP contribution >= 0.6 is 23.4 Å². The van der Waals surface area contributed by atoms with Crippen LogP contribution in [0.5, 0.6) is 0 Å². The Balaban J connectivity index is 1.66. The molecule has 1 atom stereocenters. The molecule has 22 heavy (non-hydrogen) atoms. The van der Waals surface area contributed by atoms with E-state index in [1.807, 2.05) is 31.2 Å². The van der Waals surface area contributed by atoms with Gasteiger partial charge in [0.05, 0.1) is 21.3 Å². The predicted octanol–water partition coefficient (Wildman–Crippen LogP) is 3.73. The lowest BCUT2D eigenvalue weighted by Crippen LogP contribution is -2.23. The van der Waals surface area contributed by atoms with Crippen molar-refractivity contribution in [3.05, 3.63) is 47.6 Å². The number of amides is 1. The van der Waals surface area contributed by atoms with Crippen LogP contribution in [-0.2, 0) is 4.79 Å². The molecule has 3 aromatic rings. The van der Waals surface area contributed by atoms with Gasteiger partial charge in [-0.3, -0.25) is 4.79 Å². The third-order valence-electron chi connectivity index (χ3n) is 3.00. The SMILES string of the molecule is CC(Sc1nc2ccccc2[nH]1)C(=O)Nc1ccc(Cl)cn1. The van der Waals surface area contributed by atoms with Crippen LogP contribution in [0.3, 0.4) is 0 Å². The fourth-order valence-electron chi connectivity index (χ4n) is 1.88. The zero-order valence-electron chi connectivity index (χ0n) is 11.7. The van der Waals surface area contributed by atoms with Crippen LogP contribution in [0.25, 0.3) is 11.0 Å². The summed E-state index contributed by atoms with van der Waals surface area (Å²) in [5.74, 6) is 0.340. The van der Waals surface area contributed by atoms with Gasteiger partial charge in [-0.1, -0.05) is 35.5 Å². The molecular formula is C15H13ClN4OS. The van der Waals surface area contributed by atoms with Crippen LogP contribution in [0.1, 0.15) is 6.92 Å². The molecule has 2 heterocycles. The second kappa shape index (κ2) is 6.37. The molecule has 0 fully saturated rings. The molecular weight excluding hydrogens is 320 g/mol. The van der Waals surface area contributed by atoms with Gasteiger partial charge in [0.15, 0.2) is 5.16 Å². The van der Waals surface area contributed by atoms with Gasteiger partial charge in [0.1, 0.15) is 5.82 Å². The molecule has 0 spiro atoms. The number of nitrogens with one attached hydrogen (secondary N) is 2. The number of fused-ring (bicyclic) bond motifs is 1. The molecule has 112 valence electrons. The highest BCUT2D eigenvalue weighted by Crippen LogP contribution is 2.24. The molecule has 2 N–H and O–H groups in total. The van der Waals surface area contributed by atoms with E-state index >= 15 is 0 Å². The Morgan fingerprint density at radius 2 is 2.14 bits per heavy atom. The number of halogens is 1. The molecule has 0 aliphatic carbocycles. The van der Waals surface area contributed by atoms with E-state index in [2.05, 4.69) is 20.3 Å². The van der Waals surface area contributed by atoms with E-state index in [1.165, 1.54) is 18.0 Å². The normalized spacial score (nSPS) is 12.3. The molecule has 1 aromatic carbocycles. The van der Waals surface area contributed by atoms with Crippen LogP contribution in [0.15, 0.2) is 47.8 Å². The van der Waals surface area contributed by atoms with E-state index in [0.717, 1.165) is 11.0 Å². The zero-order valence-corrected chi connectivity index (χ0v) is 13.3. The van der Waals surface area contributed by atoms with Crippen LogP contribution in [0, 0.1) is 0 Å². The third-order valence-corrected chi connectivity index (χ3v) is 4.21. The molecule has 0 saturated heterocycles. The molecule has 0 radical (unpaired) electrons. The number of pyridine rings is 1. The van der Waals surface area contributed by atoms with E-state index in [9.17, 15) is 4.79 Å². The van der Waals surface area contributed by atoms with Crippen LogP contribution < -0.4 is 5.32 Å². The first-order valence-electron chi connectivity index (χ1n) is 6.65. The molecule has 0 saturated carbocycles. The van der Waals surface area contributed by atoms with Gasteiger partial charge in [0, 0.05) is 6.20 Å². The first-order chi connectivity index (χ1) is 10.6. The number of hydrogen-bond donors (Lipinski definition) is 2. The minimum absolute atomic E-state index is 0.139. The van der Waals surface area contributed by atoms with Crippen molar-refractivity contribution >= 4 is 46.1 Å². The highest BCUT2D eigenvalue weighted by Gasteiger charge is 2.17. The van der Waals surface area contributed by atoms with Crippen molar-refractivity contribution in [3.8, 4) is 0 Å². The number of benzene rings is 1. The number of aromatic nitrogens is 3. The summed E-state index contributed by atoms with van der Waals surface area (Å²) in [6.07, 6.45) is 1.49. The summed E-state index contributed by atoms with van der Waals surface area (Å²) in [6.45, 7) is 1.82. The molecule has 1 unspecified atom stereocenters. The summed E-state index contributed by atoms with van der Waals surface area (Å²) in [6, 6.07) is 11.1. The quantitative estimate of drug-likeness (QED) is 0.714. The number of imidazole rings is 1. The topological polar surface area (TPSA) is 70.7 Å². The fraction of sp³-hybridized carbons (Fsp3) is 0.133. The smallest absolute Gasteiger partial charge is 0.238 e. The van der Waals surface area contributed by atoms with Gasteiger partial charge in [-0.05, 0) is 31.2 Å². The maximum absolute atomic E-state index is 12.2. The Kier molecular flexibility index (Phi) is 4.31. The summed E-state index contributed by atoms with van der Waals surface area (Å²) in [5.41, 5.74) is 1.84. The number of aromatic amines is 1. The highest BCUT2D eigenvalue weighted by atomic mass is 35.5. The lowest BCUT2D eigenvalue weighted by atomic mass is 10.3. The summed E-state index contributed by atoms with van der Waals surface area (Å²) >= 11 is 7.13. The van der Waals surface area contributed by atoms with Crippen molar-refractivity contribution < 1.29 is 4.79 Å². The van der Waals surface area contributed by atoms with Crippen molar-refractivity contribution in [1.82, 2.24) is 15.0 Å². The van der Waals surface area contributed by atoms with E-state index in [0.29, 0.717) is 16.0 Å². The van der Waals surface area contributed by atoms with Crippen molar-refractivity contribution in [2.24, 2.45) is 0 Å². The molecule has 0 bridgehead atoms. The molecule has 5 nitrogen and oxygen atoms in total. The lowest BCUT2D eigenvalue weighted by molar-refractivity contribution is -0.115. The number of anilines is 1. The van der Waals surface area contributed by atoms with Gasteiger partial charge < -0.3 is 10.3 Å². The second-order valence-corrected chi connectivity index (χ2v) is 6.44. The van der Waals surface area contributed by atoms with Gasteiger partial charge in [-0.15, -0.1) is 0 Å². The molecule has 0 aliphatic heterocycles. The minimum Gasteiger partial charge on any atom is -0.333 e. The molecule has 0 aliphatic rings. The summed E-state index contributed by atoms with van der Waals surface area (Å²) in [4.78, 5) is 23.9. The maximum Gasteiger partial charge on any atom is 0.238 e. The van der Waals surface area contributed by atoms with E-state index in [-0.39, 0.29) is 11.2 Å². The van der Waals surface area contributed by atoms with Crippen LogP contribution in [-0.4, -0.2) is 26.1 Å². The Morgan fingerprint density at radius 3 is 2.86 bits per heavy atom. The summed E-state index contributed by atoms with van der Waals surface area (Å²) < 4.78 is 0. The Hall–Kier alpha value is -2.05. The number of carbonyl (C=O) groups is 1. The fourth-order valence-corrected chi connectivity index (χ4v) is 2.82. The van der Waals surface area contributed by atoms with Crippen molar-refractivity contribution in [2.75, 3.05) is 5.32 Å². The average Bonchev–Trinajstić information content (AvgIpc) is 2.91. The zero-order chi connectivity index (χ0) is 15.5. The number of nitrogens with zero attached hydrogens (tertiary/aromatic N) is 2. The lowest BCUT2D eigenvalue weighted by Gasteiger charge is -2.09. The maximum atomic E-state index is 12.2. The second-order valence-electron chi connectivity index (χ2n) is 4.67. The first kappa shape index (κ1) is 14.9. The van der Waals surface area contributed by atoms with Gasteiger partial charge in [0.25, 0.3) is 0 Å². The van der Waals surface area contributed by atoms with Gasteiger partial charge in [0.2, 0.25) is 5.91 Å². The number of H-pyrrole nitrogens is 1. The van der Waals surface area contributed by atoms with E-state index in [4.69, 9.17) is 11.6 Å². The van der Waals surface area contributed by atoms with E-state index < -0.39 is 0 Å². The monoisotopic (exact) mass is 332 g/mol. The minimum atomic E-state index is -0.307. The van der Waals surface area contributed by atoms with E-state index in [1.54, 1.807) is 12.1 Å². The third kappa shape index (κ3) is 3.40. The Bertz CT molecular complexity index is 770. The molecule has 1 amide bonds. The largest absolute Gasteiger partial charge is 0.333 e. The predicted molar refractivity (Wildman–Crippen MR) is 89.3 cm³/mol. The van der Waals surface area contributed by atoms with Crippen LogP contribution in [0.4, 0.5) is 5.82 Å². The standard InChI is InChI=1S/C15H13ClN4OS/c1-9(14(21)20-13-7-6-10(16)8-17-13)22-15-18-11-4-2-3-5-12(11)19-15/h2-9H,1H3,(H,18,19)(H,17,20,21).